The lowest BCUT2D eigenvalue weighted by atomic mass is 9.93. The van der Waals surface area contributed by atoms with E-state index in [1.54, 1.807) is 29.4 Å². The van der Waals surface area contributed by atoms with Gasteiger partial charge in [-0.15, -0.1) is 0 Å². The van der Waals surface area contributed by atoms with E-state index >= 15 is 0 Å². The van der Waals surface area contributed by atoms with Crippen molar-refractivity contribution >= 4 is 17.4 Å². The molecule has 168 valence electrons. The molecule has 2 aliphatic rings. The summed E-state index contributed by atoms with van der Waals surface area (Å²) in [7, 11) is 0. The van der Waals surface area contributed by atoms with E-state index in [0.29, 0.717) is 12.1 Å². The highest BCUT2D eigenvalue weighted by Gasteiger charge is 2.45. The summed E-state index contributed by atoms with van der Waals surface area (Å²) < 4.78 is 5.40. The molecule has 1 amide bonds. The van der Waals surface area contributed by atoms with Gasteiger partial charge in [-0.05, 0) is 49.6 Å². The van der Waals surface area contributed by atoms with E-state index in [2.05, 4.69) is 9.88 Å². The summed E-state index contributed by atoms with van der Waals surface area (Å²) in [5.41, 5.74) is 3.30. The maximum atomic E-state index is 13.1. The second-order valence-electron chi connectivity index (χ2n) is 8.40. The molecule has 1 atom stereocenters. The highest BCUT2D eigenvalue weighted by Crippen LogP contribution is 2.39. The van der Waals surface area contributed by atoms with Crippen molar-refractivity contribution in [3.8, 4) is 0 Å². The number of aliphatic hydroxyl groups is 1. The average Bonchev–Trinajstić information content (AvgIpc) is 3.06. The number of aryl methyl sites for hydroxylation is 2. The first-order valence-electron chi connectivity index (χ1n) is 11.0. The first-order valence-corrected chi connectivity index (χ1v) is 11.0. The molecule has 0 unspecified atom stereocenters. The fourth-order valence-electron chi connectivity index (χ4n) is 4.43. The van der Waals surface area contributed by atoms with Crippen molar-refractivity contribution in [2.24, 2.45) is 0 Å². The average molecular weight is 436 g/mol. The van der Waals surface area contributed by atoms with Crippen LogP contribution >= 0.6 is 0 Å². The van der Waals surface area contributed by atoms with Crippen LogP contribution < -0.4 is 0 Å². The number of benzene rings is 1. The van der Waals surface area contributed by atoms with Crippen LogP contribution in [0.15, 0.2) is 48.3 Å². The number of pyridine rings is 1. The Hall–Kier alpha value is -3.03. The number of amides is 1. The highest BCUT2D eigenvalue weighted by molar-refractivity contribution is 6.46. The van der Waals surface area contributed by atoms with Gasteiger partial charge in [0.2, 0.25) is 0 Å². The zero-order valence-electron chi connectivity index (χ0n) is 18.6. The minimum atomic E-state index is -0.642. The number of rotatable bonds is 6. The molecule has 0 bridgehead atoms. The Labute approximate surface area is 188 Å². The van der Waals surface area contributed by atoms with Crippen LogP contribution in [0.25, 0.3) is 5.76 Å². The maximum Gasteiger partial charge on any atom is 0.295 e. The van der Waals surface area contributed by atoms with Gasteiger partial charge in [-0.3, -0.25) is 19.5 Å². The van der Waals surface area contributed by atoms with E-state index in [1.807, 2.05) is 32.0 Å². The lowest BCUT2D eigenvalue weighted by molar-refractivity contribution is -0.140. The van der Waals surface area contributed by atoms with Crippen LogP contribution in [-0.4, -0.2) is 71.0 Å². The standard InChI is InChI=1S/C25H29N3O4/c1-17-4-5-18(2)20(16-17)23(29)21-22(19-6-8-26-9-7-19)28(25(31)24(21)30)11-3-10-27-12-14-32-15-13-27/h4-9,16,22,29H,3,10-15H2,1-2H3/t22-/m1/s1. The summed E-state index contributed by atoms with van der Waals surface area (Å²) in [6.45, 7) is 8.26. The van der Waals surface area contributed by atoms with Crippen LogP contribution in [0.1, 0.15) is 34.7 Å². The molecule has 7 nitrogen and oxygen atoms in total. The maximum absolute atomic E-state index is 13.1. The van der Waals surface area contributed by atoms with Crippen LogP contribution in [0, 0.1) is 13.8 Å². The summed E-state index contributed by atoms with van der Waals surface area (Å²) in [5.74, 6) is -1.33. The van der Waals surface area contributed by atoms with Gasteiger partial charge in [0.05, 0.1) is 24.8 Å². The molecule has 0 radical (unpaired) electrons. The molecular weight excluding hydrogens is 406 g/mol. The molecular formula is C25H29N3O4. The summed E-state index contributed by atoms with van der Waals surface area (Å²) in [4.78, 5) is 34.1. The number of morpholine rings is 1. The zero-order chi connectivity index (χ0) is 22.7. The number of likely N-dealkylation sites (tertiary alicyclic amines) is 1. The molecule has 4 rings (SSSR count). The van der Waals surface area contributed by atoms with E-state index in [1.165, 1.54) is 0 Å². The molecule has 1 N–H and O–H groups in total. The molecule has 1 aromatic heterocycles. The van der Waals surface area contributed by atoms with Crippen LogP contribution in [-0.2, 0) is 14.3 Å². The van der Waals surface area contributed by atoms with Crippen LogP contribution in [0.5, 0.6) is 0 Å². The smallest absolute Gasteiger partial charge is 0.295 e. The van der Waals surface area contributed by atoms with Crippen LogP contribution in [0.3, 0.4) is 0 Å². The minimum Gasteiger partial charge on any atom is -0.507 e. The molecule has 0 spiro atoms. The number of ketones is 1. The number of aromatic nitrogens is 1. The number of aliphatic hydroxyl groups excluding tert-OH is 1. The van der Waals surface area contributed by atoms with E-state index in [9.17, 15) is 14.7 Å². The molecule has 32 heavy (non-hydrogen) atoms. The van der Waals surface area contributed by atoms with Crippen molar-refractivity contribution in [2.45, 2.75) is 26.3 Å². The number of ether oxygens (including phenoxy) is 1. The minimum absolute atomic E-state index is 0.123. The van der Waals surface area contributed by atoms with Crippen molar-refractivity contribution in [1.29, 1.82) is 0 Å². The van der Waals surface area contributed by atoms with Crippen molar-refractivity contribution in [3.63, 3.8) is 0 Å². The van der Waals surface area contributed by atoms with Gasteiger partial charge in [0.15, 0.2) is 0 Å². The van der Waals surface area contributed by atoms with E-state index < -0.39 is 17.7 Å². The fourth-order valence-corrected chi connectivity index (χ4v) is 4.43. The van der Waals surface area contributed by atoms with Crippen molar-refractivity contribution < 1.29 is 19.4 Å². The molecule has 1 aromatic carbocycles. The lowest BCUT2D eigenvalue weighted by Crippen LogP contribution is -2.38. The normalized spacial score (nSPS) is 21.3. The molecule has 2 saturated heterocycles. The third kappa shape index (κ3) is 4.45. The van der Waals surface area contributed by atoms with Crippen molar-refractivity contribution in [3.05, 3.63) is 70.6 Å². The van der Waals surface area contributed by atoms with Gasteiger partial charge < -0.3 is 14.7 Å². The van der Waals surface area contributed by atoms with Gasteiger partial charge in [-0.1, -0.05) is 17.7 Å². The number of carbonyl (C=O) groups is 2. The van der Waals surface area contributed by atoms with Crippen molar-refractivity contribution in [2.75, 3.05) is 39.4 Å². The highest BCUT2D eigenvalue weighted by atomic mass is 16.5. The Bertz CT molecular complexity index is 1030. The predicted molar refractivity (Wildman–Crippen MR) is 121 cm³/mol. The largest absolute Gasteiger partial charge is 0.507 e. The summed E-state index contributed by atoms with van der Waals surface area (Å²) in [6, 6.07) is 8.66. The molecule has 2 aliphatic heterocycles. The van der Waals surface area contributed by atoms with Crippen LogP contribution in [0.2, 0.25) is 0 Å². The molecule has 3 heterocycles. The number of nitrogens with zero attached hydrogens (tertiary/aromatic N) is 3. The molecule has 7 heteroatoms. The Morgan fingerprint density at radius 1 is 1.09 bits per heavy atom. The van der Waals surface area contributed by atoms with Crippen LogP contribution in [0.4, 0.5) is 0 Å². The van der Waals surface area contributed by atoms with Gasteiger partial charge in [0.1, 0.15) is 5.76 Å². The Kier molecular flexibility index (Phi) is 6.67. The zero-order valence-corrected chi connectivity index (χ0v) is 18.6. The number of Topliss-reactive ketones (excluding diaryl/α,β-unsaturated/α-hetero) is 1. The predicted octanol–water partition coefficient (Wildman–Crippen LogP) is 2.84. The summed E-state index contributed by atoms with van der Waals surface area (Å²) >= 11 is 0. The Morgan fingerprint density at radius 2 is 1.81 bits per heavy atom. The topological polar surface area (TPSA) is 83.0 Å². The number of hydrogen-bond acceptors (Lipinski definition) is 6. The number of carbonyl (C=O) groups excluding carboxylic acids is 2. The quantitative estimate of drug-likeness (QED) is 0.427. The Balaban J connectivity index is 1.68. The fraction of sp³-hybridized carbons (Fsp3) is 0.400. The third-order valence-electron chi connectivity index (χ3n) is 6.19. The summed E-state index contributed by atoms with van der Waals surface area (Å²) in [6.07, 6.45) is 4.01. The molecule has 0 aliphatic carbocycles. The third-order valence-corrected chi connectivity index (χ3v) is 6.19. The van der Waals surface area contributed by atoms with E-state index in [0.717, 1.165) is 56.0 Å². The summed E-state index contributed by atoms with van der Waals surface area (Å²) in [5, 5.41) is 11.2. The van der Waals surface area contributed by atoms with Gasteiger partial charge in [-0.25, -0.2) is 0 Å². The Morgan fingerprint density at radius 3 is 2.53 bits per heavy atom. The molecule has 2 aromatic rings. The second kappa shape index (κ2) is 9.63. The first-order chi connectivity index (χ1) is 15.5. The molecule has 0 saturated carbocycles. The SMILES string of the molecule is Cc1ccc(C)c(C(O)=C2C(=O)C(=O)N(CCCN3CCOCC3)[C@@H]2c2ccncc2)c1. The monoisotopic (exact) mass is 435 g/mol. The van der Waals surface area contributed by atoms with E-state index in [-0.39, 0.29) is 11.3 Å². The second-order valence-corrected chi connectivity index (χ2v) is 8.40. The van der Waals surface area contributed by atoms with Gasteiger partial charge >= 0.3 is 0 Å². The molecule has 2 fully saturated rings. The lowest BCUT2D eigenvalue weighted by Gasteiger charge is -2.29. The van der Waals surface area contributed by atoms with Gasteiger partial charge in [-0.2, -0.15) is 0 Å². The van der Waals surface area contributed by atoms with Gasteiger partial charge in [0, 0.05) is 44.1 Å². The van der Waals surface area contributed by atoms with Gasteiger partial charge in [0.25, 0.3) is 11.7 Å². The number of hydrogen-bond donors (Lipinski definition) is 1. The first kappa shape index (κ1) is 22.2. The van der Waals surface area contributed by atoms with E-state index in [4.69, 9.17) is 4.74 Å². The van der Waals surface area contributed by atoms with Crippen molar-refractivity contribution in [1.82, 2.24) is 14.8 Å².